The molecule has 0 aromatic carbocycles. The number of nitrogens with one attached hydrogen (secondary N) is 1. The lowest BCUT2D eigenvalue weighted by molar-refractivity contribution is 0.628. The molecule has 2 aromatic heterocycles. The van der Waals surface area contributed by atoms with E-state index in [9.17, 15) is 0 Å². The maximum Gasteiger partial charge on any atom is 0.0765 e. The second kappa shape index (κ2) is 4.89. The number of nitrogens with two attached hydrogens (primary N) is 1. The highest BCUT2D eigenvalue weighted by Gasteiger charge is 2.22. The van der Waals surface area contributed by atoms with Crippen LogP contribution in [0.2, 0.25) is 0 Å². The maximum atomic E-state index is 5.71. The van der Waals surface area contributed by atoms with E-state index >= 15 is 0 Å². The third-order valence-electron chi connectivity index (χ3n) is 2.97. The zero-order valence-corrected chi connectivity index (χ0v) is 12.4. The van der Waals surface area contributed by atoms with E-state index in [0.717, 1.165) is 27.0 Å². The molecule has 0 fully saturated rings. The summed E-state index contributed by atoms with van der Waals surface area (Å²) in [7, 11) is 1.95. The highest BCUT2D eigenvalue weighted by Crippen LogP contribution is 2.33. The van der Waals surface area contributed by atoms with Crippen molar-refractivity contribution >= 4 is 27.3 Å². The van der Waals surface area contributed by atoms with Gasteiger partial charge in [0.1, 0.15) is 0 Å². The van der Waals surface area contributed by atoms with Gasteiger partial charge in [-0.15, -0.1) is 0 Å². The largest absolute Gasteiger partial charge is 0.272 e. The van der Waals surface area contributed by atoms with Gasteiger partial charge in [0, 0.05) is 28.2 Å². The fourth-order valence-corrected chi connectivity index (χ4v) is 3.59. The molecule has 0 spiro atoms. The van der Waals surface area contributed by atoms with Crippen LogP contribution in [-0.4, -0.2) is 9.78 Å². The summed E-state index contributed by atoms with van der Waals surface area (Å²) < 4.78 is 2.96. The van der Waals surface area contributed by atoms with Gasteiger partial charge in [0.15, 0.2) is 0 Å². The maximum absolute atomic E-state index is 5.71. The molecule has 0 aliphatic rings. The number of thiophene rings is 1. The monoisotopic (exact) mass is 314 g/mol. The summed E-state index contributed by atoms with van der Waals surface area (Å²) >= 11 is 5.20. The number of nitrogens with zero attached hydrogens (tertiary/aromatic N) is 2. The van der Waals surface area contributed by atoms with Gasteiger partial charge in [-0.05, 0) is 40.7 Å². The van der Waals surface area contributed by atoms with Crippen molar-refractivity contribution in [1.82, 2.24) is 15.2 Å². The van der Waals surface area contributed by atoms with Crippen molar-refractivity contribution in [2.75, 3.05) is 0 Å². The van der Waals surface area contributed by atoms with Crippen LogP contribution in [0.3, 0.4) is 0 Å². The third-order valence-corrected chi connectivity index (χ3v) is 4.73. The number of aryl methyl sites for hydroxylation is 2. The minimum absolute atomic E-state index is 0.0238. The van der Waals surface area contributed by atoms with Gasteiger partial charge in [-0.2, -0.15) is 16.4 Å². The minimum Gasteiger partial charge on any atom is -0.272 e. The summed E-state index contributed by atoms with van der Waals surface area (Å²) in [6.07, 6.45) is 0. The molecule has 1 unspecified atom stereocenters. The predicted octanol–water partition coefficient (Wildman–Crippen LogP) is 2.41. The van der Waals surface area contributed by atoms with Gasteiger partial charge >= 0.3 is 0 Å². The van der Waals surface area contributed by atoms with Crippen molar-refractivity contribution in [3.05, 3.63) is 37.7 Å². The van der Waals surface area contributed by atoms with Gasteiger partial charge in [-0.25, -0.2) is 5.43 Å². The van der Waals surface area contributed by atoms with E-state index in [0.29, 0.717) is 0 Å². The van der Waals surface area contributed by atoms with Crippen LogP contribution < -0.4 is 11.3 Å². The second-order valence-corrected chi connectivity index (χ2v) is 5.58. The van der Waals surface area contributed by atoms with E-state index in [1.54, 1.807) is 11.3 Å². The molecule has 17 heavy (non-hydrogen) atoms. The predicted molar refractivity (Wildman–Crippen MR) is 73.9 cm³/mol. The molecule has 1 atom stereocenters. The molecule has 0 amide bonds. The van der Waals surface area contributed by atoms with Gasteiger partial charge in [-0.3, -0.25) is 10.5 Å². The van der Waals surface area contributed by atoms with Crippen molar-refractivity contribution in [3.63, 3.8) is 0 Å². The quantitative estimate of drug-likeness (QED) is 0.675. The Morgan fingerprint density at radius 2 is 2.18 bits per heavy atom. The fraction of sp³-hybridized carbons (Fsp3) is 0.364. The highest BCUT2D eigenvalue weighted by molar-refractivity contribution is 9.10. The number of aromatic nitrogens is 2. The SMILES string of the molecule is Cc1nn(C)c(C)c1C(NN)c1cscc1Br. The van der Waals surface area contributed by atoms with Crippen LogP contribution >= 0.6 is 27.3 Å². The summed E-state index contributed by atoms with van der Waals surface area (Å²) in [6.45, 7) is 4.06. The van der Waals surface area contributed by atoms with Crippen molar-refractivity contribution in [3.8, 4) is 0 Å². The first-order valence-corrected chi connectivity index (χ1v) is 6.97. The molecule has 2 heterocycles. The average Bonchev–Trinajstić information content (AvgIpc) is 2.79. The Kier molecular flexibility index (Phi) is 3.67. The summed E-state index contributed by atoms with van der Waals surface area (Å²) in [5.74, 6) is 5.71. The zero-order chi connectivity index (χ0) is 12.6. The number of hydrazine groups is 1. The number of hydrogen-bond donors (Lipinski definition) is 2. The first-order valence-electron chi connectivity index (χ1n) is 5.24. The Morgan fingerprint density at radius 3 is 2.59 bits per heavy atom. The van der Waals surface area contributed by atoms with Crippen molar-refractivity contribution in [1.29, 1.82) is 0 Å². The summed E-state index contributed by atoms with van der Waals surface area (Å²) in [5, 5.41) is 8.58. The van der Waals surface area contributed by atoms with Crippen molar-refractivity contribution in [2.24, 2.45) is 12.9 Å². The molecule has 0 aliphatic carbocycles. The average molecular weight is 315 g/mol. The Balaban J connectivity index is 2.53. The van der Waals surface area contributed by atoms with E-state index in [1.807, 2.05) is 18.7 Å². The van der Waals surface area contributed by atoms with Gasteiger partial charge < -0.3 is 0 Å². The van der Waals surface area contributed by atoms with Gasteiger partial charge in [-0.1, -0.05) is 0 Å². The van der Waals surface area contributed by atoms with E-state index < -0.39 is 0 Å². The molecule has 6 heteroatoms. The summed E-state index contributed by atoms with van der Waals surface area (Å²) in [6, 6.07) is -0.0238. The molecule has 0 radical (unpaired) electrons. The third kappa shape index (κ3) is 2.18. The van der Waals surface area contributed by atoms with E-state index in [2.05, 4.69) is 44.1 Å². The Bertz CT molecular complexity index is 532. The molecular formula is C11H15BrN4S. The van der Waals surface area contributed by atoms with Crippen molar-refractivity contribution in [2.45, 2.75) is 19.9 Å². The highest BCUT2D eigenvalue weighted by atomic mass is 79.9. The number of hydrogen-bond acceptors (Lipinski definition) is 4. The topological polar surface area (TPSA) is 55.9 Å². The first-order chi connectivity index (χ1) is 8.06. The number of rotatable bonds is 3. The molecular weight excluding hydrogens is 300 g/mol. The normalized spacial score (nSPS) is 13.0. The van der Waals surface area contributed by atoms with Crippen LogP contribution in [0.15, 0.2) is 15.2 Å². The first kappa shape index (κ1) is 12.8. The Labute approximate surface area is 113 Å². The van der Waals surface area contributed by atoms with Gasteiger partial charge in [0.25, 0.3) is 0 Å². The standard InChI is InChI=1S/C11H15BrN4S/c1-6-10(7(2)16(3)15-6)11(14-13)8-4-17-5-9(8)12/h4-5,11,14H,13H2,1-3H3. The summed E-state index contributed by atoms with van der Waals surface area (Å²) in [4.78, 5) is 0. The van der Waals surface area contributed by atoms with E-state index in [1.165, 1.54) is 0 Å². The summed E-state index contributed by atoms with van der Waals surface area (Å²) in [5.41, 5.74) is 7.31. The fourth-order valence-electron chi connectivity index (χ4n) is 2.03. The lowest BCUT2D eigenvalue weighted by Gasteiger charge is -2.16. The van der Waals surface area contributed by atoms with Crippen LogP contribution in [0.1, 0.15) is 28.6 Å². The zero-order valence-electron chi connectivity index (χ0n) is 9.99. The molecule has 0 bridgehead atoms. The molecule has 92 valence electrons. The van der Waals surface area contributed by atoms with Crippen LogP contribution in [0.4, 0.5) is 0 Å². The molecule has 4 nitrogen and oxygen atoms in total. The van der Waals surface area contributed by atoms with E-state index in [4.69, 9.17) is 5.84 Å². The molecule has 2 rings (SSSR count). The lowest BCUT2D eigenvalue weighted by atomic mass is 10.0. The molecule has 0 aliphatic heterocycles. The van der Waals surface area contributed by atoms with Gasteiger partial charge in [0.2, 0.25) is 0 Å². The van der Waals surface area contributed by atoms with Crippen LogP contribution in [0.25, 0.3) is 0 Å². The van der Waals surface area contributed by atoms with Crippen LogP contribution in [0.5, 0.6) is 0 Å². The number of halogens is 1. The smallest absolute Gasteiger partial charge is 0.0765 e. The van der Waals surface area contributed by atoms with Crippen LogP contribution in [0, 0.1) is 13.8 Å². The van der Waals surface area contributed by atoms with Crippen LogP contribution in [-0.2, 0) is 7.05 Å². The Hall–Kier alpha value is -0.690. The lowest BCUT2D eigenvalue weighted by Crippen LogP contribution is -2.29. The minimum atomic E-state index is -0.0238. The van der Waals surface area contributed by atoms with Crippen molar-refractivity contribution < 1.29 is 0 Å². The Morgan fingerprint density at radius 1 is 1.47 bits per heavy atom. The van der Waals surface area contributed by atoms with Gasteiger partial charge in [0.05, 0.1) is 11.7 Å². The molecule has 2 aromatic rings. The second-order valence-electron chi connectivity index (χ2n) is 3.98. The molecule has 0 saturated carbocycles. The van der Waals surface area contributed by atoms with E-state index in [-0.39, 0.29) is 6.04 Å². The molecule has 0 saturated heterocycles. The molecule has 3 N–H and O–H groups in total.